The lowest BCUT2D eigenvalue weighted by Crippen LogP contribution is -2.27. The van der Waals surface area contributed by atoms with Gasteiger partial charge in [-0.15, -0.1) is 0 Å². The zero-order valence-electron chi connectivity index (χ0n) is 11.2. The summed E-state index contributed by atoms with van der Waals surface area (Å²) in [7, 11) is 0. The molecule has 1 rings (SSSR count). The van der Waals surface area contributed by atoms with Crippen molar-refractivity contribution in [3.8, 4) is 0 Å². The van der Waals surface area contributed by atoms with Crippen molar-refractivity contribution in [2.24, 2.45) is 0 Å². The van der Waals surface area contributed by atoms with Gasteiger partial charge in [0.15, 0.2) is 0 Å². The first-order valence-electron chi connectivity index (χ1n) is 6.49. The second-order valence-electron chi connectivity index (χ2n) is 4.41. The van der Waals surface area contributed by atoms with Crippen molar-refractivity contribution in [1.29, 1.82) is 0 Å². The van der Waals surface area contributed by atoms with Crippen molar-refractivity contribution in [3.05, 3.63) is 41.5 Å². The molecule has 1 aromatic carbocycles. The molecular formula is C15H21NO3. The van der Waals surface area contributed by atoms with Crippen molar-refractivity contribution in [3.63, 3.8) is 0 Å². The number of aliphatic hydroxyl groups excluding tert-OH is 1. The monoisotopic (exact) mass is 263 g/mol. The number of carboxylic acids is 1. The second kappa shape index (κ2) is 8.45. The molecule has 0 atom stereocenters. The number of aliphatic hydroxyl groups is 1. The minimum absolute atomic E-state index is 0.166. The second-order valence-corrected chi connectivity index (χ2v) is 4.41. The molecule has 19 heavy (non-hydrogen) atoms. The van der Waals surface area contributed by atoms with Crippen LogP contribution < -0.4 is 0 Å². The number of aliphatic carboxylic acids is 1. The minimum atomic E-state index is -0.943. The molecule has 2 N–H and O–H groups in total. The third kappa shape index (κ3) is 6.18. The summed E-state index contributed by atoms with van der Waals surface area (Å²) in [5.74, 6) is -0.943. The normalized spacial score (nSPS) is 11.3. The molecule has 0 saturated heterocycles. The van der Waals surface area contributed by atoms with Gasteiger partial charge in [-0.2, -0.15) is 0 Å². The molecule has 0 heterocycles. The molecule has 0 amide bonds. The number of hydrogen-bond acceptors (Lipinski definition) is 3. The Kier molecular flexibility index (Phi) is 6.85. The molecule has 0 radical (unpaired) electrons. The van der Waals surface area contributed by atoms with Gasteiger partial charge in [-0.1, -0.05) is 31.2 Å². The fourth-order valence-corrected chi connectivity index (χ4v) is 1.89. The standard InChI is InChI=1S/C15H21NO3/c1-2-9-16(10-11-17)12-14-5-3-13(4-6-14)7-8-15(18)19/h3-8,17H,2,9-12H2,1H3,(H,18,19). The molecule has 1 aromatic rings. The Labute approximate surface area is 114 Å². The fraction of sp³-hybridized carbons (Fsp3) is 0.400. The molecule has 0 bridgehead atoms. The first-order chi connectivity index (χ1) is 9.15. The minimum Gasteiger partial charge on any atom is -0.478 e. The Morgan fingerprint density at radius 2 is 1.95 bits per heavy atom. The quantitative estimate of drug-likeness (QED) is 0.704. The third-order valence-corrected chi connectivity index (χ3v) is 2.76. The SMILES string of the molecule is CCCN(CCO)Cc1ccc(C=CC(=O)O)cc1. The van der Waals surface area contributed by atoms with Crippen LogP contribution in [0.5, 0.6) is 0 Å². The molecule has 4 nitrogen and oxygen atoms in total. The van der Waals surface area contributed by atoms with Gasteiger partial charge in [0.2, 0.25) is 0 Å². The van der Waals surface area contributed by atoms with Gasteiger partial charge in [-0.3, -0.25) is 4.90 Å². The molecule has 0 aliphatic heterocycles. The number of hydrogen-bond donors (Lipinski definition) is 2. The summed E-state index contributed by atoms with van der Waals surface area (Å²) in [6.45, 7) is 4.72. The van der Waals surface area contributed by atoms with Gasteiger partial charge in [0.1, 0.15) is 0 Å². The first kappa shape index (κ1) is 15.4. The molecule has 0 aliphatic carbocycles. The van der Waals surface area contributed by atoms with Crippen LogP contribution in [-0.2, 0) is 11.3 Å². The third-order valence-electron chi connectivity index (χ3n) is 2.76. The van der Waals surface area contributed by atoms with Crippen LogP contribution in [0.15, 0.2) is 30.3 Å². The number of benzene rings is 1. The molecular weight excluding hydrogens is 242 g/mol. The van der Waals surface area contributed by atoms with Gasteiger partial charge in [0, 0.05) is 19.2 Å². The summed E-state index contributed by atoms with van der Waals surface area (Å²) in [5, 5.41) is 17.6. The summed E-state index contributed by atoms with van der Waals surface area (Å²) in [5.41, 5.74) is 2.03. The molecule has 0 aromatic heterocycles. The van der Waals surface area contributed by atoms with E-state index in [4.69, 9.17) is 10.2 Å². The molecule has 0 fully saturated rings. The first-order valence-corrected chi connectivity index (χ1v) is 6.49. The molecule has 0 unspecified atom stereocenters. The average molecular weight is 263 g/mol. The van der Waals surface area contributed by atoms with Gasteiger partial charge in [0.05, 0.1) is 6.61 Å². The van der Waals surface area contributed by atoms with E-state index in [1.807, 2.05) is 24.3 Å². The Balaban J connectivity index is 2.62. The van der Waals surface area contributed by atoms with Crippen LogP contribution in [-0.4, -0.2) is 40.8 Å². The Morgan fingerprint density at radius 3 is 2.47 bits per heavy atom. The van der Waals surface area contributed by atoms with Crippen molar-refractivity contribution in [1.82, 2.24) is 4.90 Å². The van der Waals surface area contributed by atoms with Crippen LogP contribution in [0.25, 0.3) is 6.08 Å². The number of carbonyl (C=O) groups is 1. The zero-order valence-corrected chi connectivity index (χ0v) is 11.2. The van der Waals surface area contributed by atoms with Crippen LogP contribution in [0.3, 0.4) is 0 Å². The van der Waals surface area contributed by atoms with E-state index in [2.05, 4.69) is 11.8 Å². The van der Waals surface area contributed by atoms with Crippen LogP contribution >= 0.6 is 0 Å². The lowest BCUT2D eigenvalue weighted by Gasteiger charge is -2.20. The molecule has 0 saturated carbocycles. The highest BCUT2D eigenvalue weighted by Gasteiger charge is 2.04. The van der Waals surface area contributed by atoms with Crippen LogP contribution in [0.2, 0.25) is 0 Å². The summed E-state index contributed by atoms with van der Waals surface area (Å²) < 4.78 is 0. The van der Waals surface area contributed by atoms with E-state index < -0.39 is 5.97 Å². The number of carboxylic acid groups (broad SMARTS) is 1. The van der Waals surface area contributed by atoms with Crippen molar-refractivity contribution in [2.45, 2.75) is 19.9 Å². The van der Waals surface area contributed by atoms with Crippen molar-refractivity contribution in [2.75, 3.05) is 19.7 Å². The predicted molar refractivity (Wildman–Crippen MR) is 75.8 cm³/mol. The van der Waals surface area contributed by atoms with Crippen LogP contribution in [0.1, 0.15) is 24.5 Å². The molecule has 0 aliphatic rings. The molecule has 0 spiro atoms. The Morgan fingerprint density at radius 1 is 1.26 bits per heavy atom. The highest BCUT2D eigenvalue weighted by atomic mass is 16.4. The number of nitrogens with zero attached hydrogens (tertiary/aromatic N) is 1. The van der Waals surface area contributed by atoms with Crippen LogP contribution in [0.4, 0.5) is 0 Å². The van der Waals surface area contributed by atoms with E-state index in [0.717, 1.165) is 36.7 Å². The summed E-state index contributed by atoms with van der Waals surface area (Å²) in [6.07, 6.45) is 3.76. The van der Waals surface area contributed by atoms with Gasteiger partial charge in [-0.25, -0.2) is 4.79 Å². The van der Waals surface area contributed by atoms with Gasteiger partial charge in [0.25, 0.3) is 0 Å². The summed E-state index contributed by atoms with van der Waals surface area (Å²) >= 11 is 0. The zero-order chi connectivity index (χ0) is 14.1. The maximum absolute atomic E-state index is 10.4. The van der Waals surface area contributed by atoms with E-state index in [9.17, 15) is 4.79 Å². The van der Waals surface area contributed by atoms with E-state index >= 15 is 0 Å². The summed E-state index contributed by atoms with van der Waals surface area (Å²) in [4.78, 5) is 12.6. The largest absolute Gasteiger partial charge is 0.478 e. The highest BCUT2D eigenvalue weighted by molar-refractivity contribution is 5.85. The van der Waals surface area contributed by atoms with E-state index in [1.54, 1.807) is 6.08 Å². The Hall–Kier alpha value is -1.65. The smallest absolute Gasteiger partial charge is 0.328 e. The average Bonchev–Trinajstić information content (AvgIpc) is 2.38. The maximum Gasteiger partial charge on any atom is 0.328 e. The molecule has 4 heteroatoms. The summed E-state index contributed by atoms with van der Waals surface area (Å²) in [6, 6.07) is 7.78. The van der Waals surface area contributed by atoms with Crippen molar-refractivity contribution >= 4 is 12.0 Å². The van der Waals surface area contributed by atoms with E-state index in [0.29, 0.717) is 6.54 Å². The van der Waals surface area contributed by atoms with E-state index in [-0.39, 0.29) is 6.61 Å². The van der Waals surface area contributed by atoms with E-state index in [1.165, 1.54) is 0 Å². The predicted octanol–water partition coefficient (Wildman–Crippen LogP) is 1.99. The Bertz CT molecular complexity index is 406. The fourth-order valence-electron chi connectivity index (χ4n) is 1.89. The van der Waals surface area contributed by atoms with Gasteiger partial charge >= 0.3 is 5.97 Å². The van der Waals surface area contributed by atoms with Gasteiger partial charge < -0.3 is 10.2 Å². The number of rotatable bonds is 8. The maximum atomic E-state index is 10.4. The van der Waals surface area contributed by atoms with Gasteiger partial charge in [-0.05, 0) is 30.2 Å². The highest BCUT2D eigenvalue weighted by Crippen LogP contribution is 2.09. The topological polar surface area (TPSA) is 60.8 Å². The van der Waals surface area contributed by atoms with Crippen molar-refractivity contribution < 1.29 is 15.0 Å². The lowest BCUT2D eigenvalue weighted by molar-refractivity contribution is -0.131. The molecule has 104 valence electrons. The lowest BCUT2D eigenvalue weighted by atomic mass is 10.1. The van der Waals surface area contributed by atoms with Crippen LogP contribution in [0, 0.1) is 0 Å².